The first-order chi connectivity index (χ1) is 60.5. The van der Waals surface area contributed by atoms with Gasteiger partial charge in [0.2, 0.25) is 0 Å². The molecule has 0 bridgehead atoms. The third kappa shape index (κ3) is 11.2. The Morgan fingerprint density at radius 3 is 0.959 bits per heavy atom. The Bertz CT molecular complexity index is 8770. The minimum Gasteiger partial charge on any atom is -0.455 e. The van der Waals surface area contributed by atoms with Gasteiger partial charge in [0.05, 0.1) is 0 Å². The second kappa shape index (κ2) is 28.1. The summed E-state index contributed by atoms with van der Waals surface area (Å²) < 4.78 is 19.7. The summed E-state index contributed by atoms with van der Waals surface area (Å²) in [7, 11) is 0. The monoisotopic (exact) mass is 1570 g/mol. The molecular formula is C120H80O3. The van der Waals surface area contributed by atoms with Crippen LogP contribution in [-0.2, 0) is 5.41 Å². The second-order valence-corrected chi connectivity index (χ2v) is 34.0. The van der Waals surface area contributed by atoms with Crippen molar-refractivity contribution in [2.24, 2.45) is 0 Å². The van der Waals surface area contributed by atoms with Gasteiger partial charge in [-0.3, -0.25) is 0 Å². The molecule has 0 aliphatic heterocycles. The summed E-state index contributed by atoms with van der Waals surface area (Å²) in [6.07, 6.45) is 0. The van der Waals surface area contributed by atoms with Crippen LogP contribution >= 0.6 is 0 Å². The summed E-state index contributed by atoms with van der Waals surface area (Å²) in [6, 6.07) is 143. The Morgan fingerprint density at radius 1 is 0.171 bits per heavy atom. The highest BCUT2D eigenvalue weighted by atomic mass is 16.3. The lowest BCUT2D eigenvalue weighted by Gasteiger charge is -2.23. The van der Waals surface area contributed by atoms with E-state index in [4.69, 9.17) is 13.3 Å². The molecule has 0 N–H and O–H groups in total. The molecule has 123 heavy (non-hydrogen) atoms. The van der Waals surface area contributed by atoms with Crippen LogP contribution in [0.4, 0.5) is 0 Å². The van der Waals surface area contributed by atoms with Crippen molar-refractivity contribution in [3.8, 4) is 77.9 Å². The third-order valence-electron chi connectivity index (χ3n) is 26.5. The van der Waals surface area contributed by atoms with Crippen LogP contribution in [0, 0.1) is 20.8 Å². The largest absolute Gasteiger partial charge is 0.455 e. The highest BCUT2D eigenvalue weighted by Crippen LogP contribution is 2.55. The molecule has 1 aliphatic carbocycles. The molecule has 1 aliphatic rings. The van der Waals surface area contributed by atoms with Gasteiger partial charge < -0.3 is 13.3 Å². The average Bonchev–Trinajstić information content (AvgIpc) is 1.14. The van der Waals surface area contributed by atoms with Gasteiger partial charge >= 0.3 is 0 Å². The summed E-state index contributed by atoms with van der Waals surface area (Å²) in [6.45, 7) is 11.3. The van der Waals surface area contributed by atoms with Gasteiger partial charge in [0.1, 0.15) is 33.5 Å². The maximum Gasteiger partial charge on any atom is 0.143 e. The van der Waals surface area contributed by atoms with E-state index in [0.717, 1.165) is 82.5 Å². The average molecular weight is 1570 g/mol. The van der Waals surface area contributed by atoms with E-state index in [0.29, 0.717) is 0 Å². The molecule has 0 unspecified atom stereocenters. The minimum atomic E-state index is -0.0546. The summed E-state index contributed by atoms with van der Waals surface area (Å²) in [4.78, 5) is 0. The van der Waals surface area contributed by atoms with Crippen molar-refractivity contribution in [1.29, 1.82) is 0 Å². The summed E-state index contributed by atoms with van der Waals surface area (Å²) in [5.41, 5.74) is 29.5. The zero-order valence-electron chi connectivity index (χ0n) is 68.8. The van der Waals surface area contributed by atoms with Gasteiger partial charge in [-0.2, -0.15) is 0 Å². The maximum atomic E-state index is 6.59. The molecule has 3 heterocycles. The standard InChI is InChI=1S/C42H30O.C41H26O.C37H24O/c1-25-19-21-32-35(23-25)40(34-16-10-15-33-29-12-7-9-18-38(29)43-41(33)34)31-14-5-4-13-30(31)39(32)26-20-22-28-27-11-6-8-17-36(27)42(2,3)37(28)24-26;1-25-21-22-33-36(23-25)40(35-19-10-18-34-30-15-8-9-20-38(30)42-41(34)35)32-17-7-6-16-31(32)39(33)37-24-26-11-2-3-12-27(26)28-13-4-5-14-29(28)37;1-23-20-21-30-33(22-23)36(32-18-9-17-31-26-13-6-7-19-34(26)38-37(31)32)29-15-5-4-14-28(29)35(30)27-16-8-11-24-10-2-3-12-25(24)27/h4-24H,1-3H3;2-24H,1H3;2-22H,1H3. The zero-order valence-corrected chi connectivity index (χ0v) is 68.8. The van der Waals surface area contributed by atoms with Crippen LogP contribution < -0.4 is 0 Å². The number of para-hydroxylation sites is 6. The Balaban J connectivity index is 0.000000104. The number of hydrogen-bond donors (Lipinski definition) is 0. The third-order valence-corrected chi connectivity index (χ3v) is 26.5. The smallest absolute Gasteiger partial charge is 0.143 e. The number of hydrogen-bond acceptors (Lipinski definition) is 3. The molecule has 0 spiro atoms. The molecule has 0 fully saturated rings. The van der Waals surface area contributed by atoms with Crippen LogP contribution in [0.25, 0.3) is 241 Å². The topological polar surface area (TPSA) is 39.4 Å². The Morgan fingerprint density at radius 2 is 0.480 bits per heavy atom. The molecule has 26 rings (SSSR count). The molecule has 0 saturated heterocycles. The van der Waals surface area contributed by atoms with E-state index in [1.54, 1.807) is 0 Å². The first kappa shape index (κ1) is 71.7. The number of rotatable bonds is 6. The molecule has 0 amide bonds. The molecule has 3 heteroatoms. The molecule has 3 aromatic heterocycles. The first-order valence-corrected chi connectivity index (χ1v) is 42.8. The fraction of sp³-hybridized carbons (Fsp3) is 0.0500. The number of fused-ring (bicyclic) bond motifs is 22. The molecule has 578 valence electrons. The van der Waals surface area contributed by atoms with Crippen molar-refractivity contribution in [2.45, 2.75) is 40.0 Å². The van der Waals surface area contributed by atoms with Gasteiger partial charge in [-0.15, -0.1) is 0 Å². The fourth-order valence-electron chi connectivity index (χ4n) is 21.0. The quantitative estimate of drug-likeness (QED) is 0.123. The highest BCUT2D eigenvalue weighted by Gasteiger charge is 2.36. The summed E-state index contributed by atoms with van der Waals surface area (Å²) in [5.74, 6) is 0. The molecular weight excluding hydrogens is 1490 g/mol. The normalized spacial score (nSPS) is 12.5. The lowest BCUT2D eigenvalue weighted by Crippen LogP contribution is -2.14. The van der Waals surface area contributed by atoms with Crippen LogP contribution in [0.15, 0.2) is 408 Å². The molecule has 25 aromatic rings. The molecule has 3 nitrogen and oxygen atoms in total. The predicted molar refractivity (Wildman–Crippen MR) is 523 cm³/mol. The van der Waals surface area contributed by atoms with E-state index in [1.165, 1.54) is 186 Å². The van der Waals surface area contributed by atoms with Gasteiger partial charge in [0.15, 0.2) is 0 Å². The number of furan rings is 3. The maximum absolute atomic E-state index is 6.59. The van der Waals surface area contributed by atoms with Crippen molar-refractivity contribution in [2.75, 3.05) is 0 Å². The molecule has 0 saturated carbocycles. The lowest BCUT2D eigenvalue weighted by molar-refractivity contribution is 0.660. The van der Waals surface area contributed by atoms with E-state index in [1.807, 2.05) is 18.2 Å². The number of benzene rings is 22. The van der Waals surface area contributed by atoms with E-state index >= 15 is 0 Å². The van der Waals surface area contributed by atoms with E-state index in [-0.39, 0.29) is 5.41 Å². The Kier molecular flexibility index (Phi) is 16.4. The van der Waals surface area contributed by atoms with Crippen molar-refractivity contribution >= 4 is 163 Å². The number of aryl methyl sites for hydroxylation is 3. The van der Waals surface area contributed by atoms with Gasteiger partial charge in [-0.25, -0.2) is 0 Å². The second-order valence-electron chi connectivity index (χ2n) is 34.0. The van der Waals surface area contributed by atoms with E-state index in [2.05, 4.69) is 411 Å². The van der Waals surface area contributed by atoms with Gasteiger partial charge in [0, 0.05) is 71.1 Å². The Hall–Kier alpha value is -15.4. The van der Waals surface area contributed by atoms with Gasteiger partial charge in [-0.05, 0) is 204 Å². The molecule has 22 aromatic carbocycles. The first-order valence-electron chi connectivity index (χ1n) is 42.8. The fourth-order valence-corrected chi connectivity index (χ4v) is 21.0. The lowest BCUT2D eigenvalue weighted by atomic mass is 9.80. The van der Waals surface area contributed by atoms with Crippen LogP contribution in [0.2, 0.25) is 0 Å². The highest BCUT2D eigenvalue weighted by molar-refractivity contribution is 6.30. The van der Waals surface area contributed by atoms with Crippen LogP contribution in [0.5, 0.6) is 0 Å². The van der Waals surface area contributed by atoms with Crippen LogP contribution in [-0.4, -0.2) is 0 Å². The molecule has 0 atom stereocenters. The summed E-state index contributed by atoms with van der Waals surface area (Å²) in [5, 5.41) is 29.5. The van der Waals surface area contributed by atoms with Crippen molar-refractivity contribution in [3.05, 3.63) is 422 Å². The van der Waals surface area contributed by atoms with Crippen molar-refractivity contribution in [1.82, 2.24) is 0 Å². The summed E-state index contributed by atoms with van der Waals surface area (Å²) >= 11 is 0. The molecule has 0 radical (unpaired) electrons. The zero-order chi connectivity index (χ0) is 81.9. The van der Waals surface area contributed by atoms with Crippen LogP contribution in [0.1, 0.15) is 41.7 Å². The van der Waals surface area contributed by atoms with Gasteiger partial charge in [-0.1, -0.05) is 395 Å². The van der Waals surface area contributed by atoms with E-state index < -0.39 is 0 Å². The van der Waals surface area contributed by atoms with Gasteiger partial charge in [0.25, 0.3) is 0 Å². The van der Waals surface area contributed by atoms with Crippen molar-refractivity contribution in [3.63, 3.8) is 0 Å². The Labute approximate surface area is 711 Å². The van der Waals surface area contributed by atoms with Crippen LogP contribution in [0.3, 0.4) is 0 Å². The van der Waals surface area contributed by atoms with E-state index in [9.17, 15) is 0 Å². The minimum absolute atomic E-state index is 0.0546. The SMILES string of the molecule is Cc1ccc2c(-c3cc4ccccc4c4ccccc34)c3ccccc3c(-c3cccc4c3oc3ccccc34)c2c1.Cc1ccc2c(-c3ccc4c(c3)C(C)(C)c3ccccc3-4)c3ccccc3c(-c3cccc4c3oc3ccccc34)c2c1.Cc1ccc2c(-c3cccc4ccccc34)c3ccccc3c(-c3cccc4c3oc3ccccc34)c2c1. The predicted octanol–water partition coefficient (Wildman–Crippen LogP) is 34.4. The van der Waals surface area contributed by atoms with Crippen molar-refractivity contribution < 1.29 is 13.3 Å².